The molecular weight excluding hydrogens is 319 g/mol. The maximum absolute atomic E-state index is 12.9. The third-order valence-corrected chi connectivity index (χ3v) is 6.28. The Bertz CT molecular complexity index is 636. The van der Waals surface area contributed by atoms with Crippen LogP contribution in [0.3, 0.4) is 0 Å². The number of hydrogen-bond donors (Lipinski definition) is 0. The number of aromatic nitrogens is 2. The number of amides is 1. The highest BCUT2D eigenvalue weighted by Crippen LogP contribution is 2.28. The second kappa shape index (κ2) is 7.06. The Morgan fingerprint density at radius 1 is 1.20 bits per heavy atom. The quantitative estimate of drug-likeness (QED) is 0.837. The summed E-state index contributed by atoms with van der Waals surface area (Å²) >= 11 is 0. The third kappa shape index (κ3) is 3.33. The molecule has 1 aromatic rings. The van der Waals surface area contributed by atoms with Gasteiger partial charge in [-0.05, 0) is 44.1 Å². The zero-order valence-electron chi connectivity index (χ0n) is 15.2. The Hall–Kier alpha value is -1.43. The molecule has 3 heterocycles. The van der Waals surface area contributed by atoms with Crippen molar-refractivity contribution in [3.8, 4) is 0 Å². The molecule has 1 atom stereocenters. The van der Waals surface area contributed by atoms with Crippen molar-refractivity contribution in [2.75, 3.05) is 26.3 Å². The van der Waals surface area contributed by atoms with E-state index in [4.69, 9.17) is 5.10 Å². The molecule has 0 radical (unpaired) electrons. The van der Waals surface area contributed by atoms with Gasteiger partial charge in [0.15, 0.2) is 0 Å². The van der Waals surface area contributed by atoms with E-state index in [9.17, 15) is 9.18 Å². The van der Waals surface area contributed by atoms with Crippen LogP contribution < -0.4 is 0 Å². The maximum Gasteiger partial charge on any atom is 0.223 e. The van der Waals surface area contributed by atoms with E-state index in [1.165, 1.54) is 36.2 Å². The summed E-state index contributed by atoms with van der Waals surface area (Å²) in [7, 11) is 2.07. The number of nitrogens with zero attached hydrogens (tertiary/aromatic N) is 4. The fraction of sp³-hybridized carbons (Fsp3) is 0.789. The predicted octanol–water partition coefficient (Wildman–Crippen LogP) is 2.08. The SMILES string of the molecule is Cn1nc2c(c1CN1CCC(N3CC(CF)CC3=O)CC1)CCCC2. The normalized spacial score (nSPS) is 25.6. The molecule has 2 saturated heterocycles. The number of carbonyl (C=O) groups is 1. The van der Waals surface area contributed by atoms with Gasteiger partial charge in [0.05, 0.1) is 18.1 Å². The minimum absolute atomic E-state index is 0.0773. The summed E-state index contributed by atoms with van der Waals surface area (Å²) in [5.41, 5.74) is 4.16. The van der Waals surface area contributed by atoms with E-state index in [1.807, 2.05) is 4.90 Å². The van der Waals surface area contributed by atoms with Crippen molar-refractivity contribution in [1.82, 2.24) is 19.6 Å². The van der Waals surface area contributed by atoms with Crippen LogP contribution in [0, 0.1) is 5.92 Å². The van der Waals surface area contributed by atoms with Crippen molar-refractivity contribution in [3.05, 3.63) is 17.0 Å². The van der Waals surface area contributed by atoms with Crippen LogP contribution in [0.5, 0.6) is 0 Å². The van der Waals surface area contributed by atoms with E-state index in [-0.39, 0.29) is 18.5 Å². The van der Waals surface area contributed by atoms with E-state index in [0.717, 1.165) is 38.9 Å². The fourth-order valence-corrected chi connectivity index (χ4v) is 4.81. The van der Waals surface area contributed by atoms with Crippen molar-refractivity contribution in [1.29, 1.82) is 0 Å². The molecule has 0 N–H and O–H groups in total. The number of fused-ring (bicyclic) bond motifs is 1. The van der Waals surface area contributed by atoms with Crippen molar-refractivity contribution in [2.24, 2.45) is 13.0 Å². The van der Waals surface area contributed by atoms with Crippen LogP contribution in [-0.4, -0.2) is 57.8 Å². The summed E-state index contributed by atoms with van der Waals surface area (Å²) in [6.07, 6.45) is 7.24. The lowest BCUT2D eigenvalue weighted by molar-refractivity contribution is -0.130. The first-order chi connectivity index (χ1) is 12.2. The zero-order chi connectivity index (χ0) is 17.4. The molecule has 0 bridgehead atoms. The van der Waals surface area contributed by atoms with Crippen LogP contribution in [0.4, 0.5) is 4.39 Å². The highest BCUT2D eigenvalue weighted by Gasteiger charge is 2.36. The van der Waals surface area contributed by atoms with Crippen molar-refractivity contribution in [2.45, 2.75) is 57.5 Å². The summed E-state index contributed by atoms with van der Waals surface area (Å²) in [6.45, 7) is 3.23. The Morgan fingerprint density at radius 3 is 2.68 bits per heavy atom. The minimum Gasteiger partial charge on any atom is -0.339 e. The van der Waals surface area contributed by atoms with Gasteiger partial charge in [-0.15, -0.1) is 0 Å². The lowest BCUT2D eigenvalue weighted by atomic mass is 9.95. The number of carbonyl (C=O) groups excluding carboxylic acids is 1. The Labute approximate surface area is 149 Å². The van der Waals surface area contributed by atoms with Crippen LogP contribution >= 0.6 is 0 Å². The number of likely N-dealkylation sites (tertiary alicyclic amines) is 2. The molecule has 0 spiro atoms. The molecule has 4 rings (SSSR count). The van der Waals surface area contributed by atoms with Gasteiger partial charge >= 0.3 is 0 Å². The van der Waals surface area contributed by atoms with E-state index in [2.05, 4.69) is 16.6 Å². The van der Waals surface area contributed by atoms with Gasteiger partial charge in [-0.25, -0.2) is 0 Å². The molecule has 3 aliphatic rings. The van der Waals surface area contributed by atoms with Gasteiger partial charge in [0.1, 0.15) is 0 Å². The smallest absolute Gasteiger partial charge is 0.223 e. The van der Waals surface area contributed by atoms with E-state index < -0.39 is 0 Å². The number of alkyl halides is 1. The molecule has 6 heteroatoms. The molecule has 1 aliphatic carbocycles. The average molecular weight is 348 g/mol. The van der Waals surface area contributed by atoms with Gasteiger partial charge < -0.3 is 4.90 Å². The standard InChI is InChI=1S/C19H29FN4O/c1-22-18(16-4-2-3-5-17(16)21-22)13-23-8-6-15(7-9-23)24-12-14(11-20)10-19(24)25/h14-15H,2-13H2,1H3. The highest BCUT2D eigenvalue weighted by atomic mass is 19.1. The number of hydrogen-bond acceptors (Lipinski definition) is 3. The molecule has 5 nitrogen and oxygen atoms in total. The van der Waals surface area contributed by atoms with Crippen molar-refractivity contribution in [3.63, 3.8) is 0 Å². The minimum atomic E-state index is -0.368. The average Bonchev–Trinajstić information content (AvgIpc) is 3.16. The zero-order valence-corrected chi connectivity index (χ0v) is 15.2. The van der Waals surface area contributed by atoms with Gasteiger partial charge in [-0.1, -0.05) is 0 Å². The lowest BCUT2D eigenvalue weighted by Gasteiger charge is -2.37. The summed E-state index contributed by atoms with van der Waals surface area (Å²) in [5.74, 6) is 0.0771. The van der Waals surface area contributed by atoms with E-state index >= 15 is 0 Å². The molecule has 138 valence electrons. The highest BCUT2D eigenvalue weighted by molar-refractivity contribution is 5.79. The van der Waals surface area contributed by atoms with Crippen LogP contribution in [0.25, 0.3) is 0 Å². The number of piperidine rings is 1. The van der Waals surface area contributed by atoms with Crippen molar-refractivity contribution >= 4 is 5.91 Å². The summed E-state index contributed by atoms with van der Waals surface area (Å²) in [6, 6.07) is 0.306. The van der Waals surface area contributed by atoms with Crippen LogP contribution in [0.1, 0.15) is 49.1 Å². The topological polar surface area (TPSA) is 41.4 Å². The number of aryl methyl sites for hydroxylation is 2. The molecule has 0 saturated carbocycles. The molecule has 1 unspecified atom stereocenters. The Kier molecular flexibility index (Phi) is 4.80. The number of rotatable bonds is 4. The van der Waals surface area contributed by atoms with E-state index in [1.54, 1.807) is 0 Å². The molecule has 1 amide bonds. The lowest BCUT2D eigenvalue weighted by Crippen LogP contribution is -2.45. The Morgan fingerprint density at radius 2 is 1.96 bits per heavy atom. The molecule has 25 heavy (non-hydrogen) atoms. The third-order valence-electron chi connectivity index (χ3n) is 6.28. The van der Waals surface area contributed by atoms with Gasteiger partial charge in [0.2, 0.25) is 5.91 Å². The van der Waals surface area contributed by atoms with E-state index in [0.29, 0.717) is 19.0 Å². The first-order valence-electron chi connectivity index (χ1n) is 9.77. The number of halogens is 1. The molecule has 0 aromatic carbocycles. The summed E-state index contributed by atoms with van der Waals surface area (Å²) < 4.78 is 14.9. The van der Waals surface area contributed by atoms with Gasteiger partial charge in [-0.2, -0.15) is 5.10 Å². The second-order valence-electron chi connectivity index (χ2n) is 7.98. The van der Waals surface area contributed by atoms with Crippen LogP contribution in [-0.2, 0) is 31.2 Å². The summed E-state index contributed by atoms with van der Waals surface area (Å²) in [4.78, 5) is 16.6. The Balaban J connectivity index is 1.35. The van der Waals surface area contributed by atoms with Gasteiger partial charge in [0, 0.05) is 51.6 Å². The second-order valence-corrected chi connectivity index (χ2v) is 7.98. The molecule has 2 fully saturated rings. The van der Waals surface area contributed by atoms with Gasteiger partial charge in [-0.3, -0.25) is 18.8 Å². The summed E-state index contributed by atoms with van der Waals surface area (Å²) in [5, 5.41) is 4.72. The van der Waals surface area contributed by atoms with Gasteiger partial charge in [0.25, 0.3) is 0 Å². The van der Waals surface area contributed by atoms with Crippen LogP contribution in [0.15, 0.2) is 0 Å². The van der Waals surface area contributed by atoms with Crippen molar-refractivity contribution < 1.29 is 9.18 Å². The molecule has 2 aliphatic heterocycles. The predicted molar refractivity (Wildman–Crippen MR) is 93.9 cm³/mol. The monoisotopic (exact) mass is 348 g/mol. The first-order valence-corrected chi connectivity index (χ1v) is 9.77. The largest absolute Gasteiger partial charge is 0.339 e. The molecule has 1 aromatic heterocycles. The maximum atomic E-state index is 12.9. The molecular formula is C19H29FN4O. The first kappa shape index (κ1) is 17.0. The fourth-order valence-electron chi connectivity index (χ4n) is 4.81. The van der Waals surface area contributed by atoms with Crippen LogP contribution in [0.2, 0.25) is 0 Å².